The molecule has 3 rings (SSSR count). The first-order valence-corrected chi connectivity index (χ1v) is 8.01. The predicted octanol–water partition coefficient (Wildman–Crippen LogP) is 3.37. The minimum Gasteiger partial charge on any atom is -0.341 e. The average molecular weight is 354 g/mol. The zero-order valence-electron chi connectivity index (χ0n) is 13.4. The molecule has 0 saturated carbocycles. The Morgan fingerprint density at radius 3 is 1.96 bits per heavy atom. The second kappa shape index (κ2) is 6.59. The minimum absolute atomic E-state index is 0.268. The van der Waals surface area contributed by atoms with Crippen molar-refractivity contribution in [2.75, 3.05) is 18.0 Å². The third-order valence-electron chi connectivity index (χ3n) is 4.48. The van der Waals surface area contributed by atoms with Crippen LogP contribution in [0.5, 0.6) is 0 Å². The monoisotopic (exact) mass is 354 g/mol. The van der Waals surface area contributed by atoms with E-state index >= 15 is 0 Å². The largest absolute Gasteiger partial charge is 0.414 e. The van der Waals surface area contributed by atoms with Crippen molar-refractivity contribution in [3.05, 3.63) is 53.6 Å². The van der Waals surface area contributed by atoms with Crippen molar-refractivity contribution < 1.29 is 17.6 Å². The fourth-order valence-electron chi connectivity index (χ4n) is 2.99. The van der Waals surface area contributed by atoms with E-state index in [1.54, 1.807) is 0 Å². The summed E-state index contributed by atoms with van der Waals surface area (Å²) in [6.07, 6.45) is 0.551. The quantitative estimate of drug-likeness (QED) is 0.859. The maximum atomic E-state index is 13.7. The van der Waals surface area contributed by atoms with E-state index in [4.69, 9.17) is 5.73 Å². The molecule has 1 fully saturated rings. The highest BCUT2D eigenvalue weighted by Crippen LogP contribution is 2.41. The number of anilines is 1. The van der Waals surface area contributed by atoms with E-state index < -0.39 is 17.5 Å². The molecule has 1 atom stereocenters. The lowest BCUT2D eigenvalue weighted by Gasteiger charge is -2.33. The molecule has 1 saturated heterocycles. The highest BCUT2D eigenvalue weighted by molar-refractivity contribution is 5.40. The normalized spacial score (nSPS) is 18.0. The van der Waals surface area contributed by atoms with Crippen LogP contribution in [0.25, 0.3) is 0 Å². The van der Waals surface area contributed by atoms with Gasteiger partial charge in [0, 0.05) is 31.0 Å². The first kappa shape index (κ1) is 17.6. The molecule has 1 aromatic carbocycles. The standard InChI is InChI=1S/C17H18F4N4/c18-14-6-4-12(5-7-14)16(22,17(19,20)21)13-10-23-15(24-11-13)25-8-2-1-3-9-25/h4-7,10-11H,1-3,8-9,22H2/t16-/m0/s1. The number of piperidine rings is 1. The van der Waals surface area contributed by atoms with Gasteiger partial charge < -0.3 is 10.6 Å². The fraction of sp³-hybridized carbons (Fsp3) is 0.412. The van der Waals surface area contributed by atoms with Crippen LogP contribution in [0.3, 0.4) is 0 Å². The molecule has 1 aliphatic rings. The topological polar surface area (TPSA) is 55.0 Å². The molecule has 2 N–H and O–H groups in total. The van der Waals surface area contributed by atoms with Crippen LogP contribution in [0, 0.1) is 5.82 Å². The Kier molecular flexibility index (Phi) is 4.64. The predicted molar refractivity (Wildman–Crippen MR) is 85.5 cm³/mol. The van der Waals surface area contributed by atoms with Gasteiger partial charge in [-0.3, -0.25) is 0 Å². The van der Waals surface area contributed by atoms with Gasteiger partial charge >= 0.3 is 6.18 Å². The van der Waals surface area contributed by atoms with Gasteiger partial charge in [0.2, 0.25) is 5.95 Å². The van der Waals surface area contributed by atoms with Crippen molar-refractivity contribution in [2.45, 2.75) is 31.0 Å². The number of hydrogen-bond acceptors (Lipinski definition) is 4. The van der Waals surface area contributed by atoms with Crippen LogP contribution in [0.15, 0.2) is 36.7 Å². The summed E-state index contributed by atoms with van der Waals surface area (Å²) < 4.78 is 54.3. The van der Waals surface area contributed by atoms with Gasteiger partial charge in [-0.2, -0.15) is 13.2 Å². The van der Waals surface area contributed by atoms with Crippen molar-refractivity contribution in [1.29, 1.82) is 0 Å². The summed E-state index contributed by atoms with van der Waals surface area (Å²) in [5.74, 6) is -0.239. The Morgan fingerprint density at radius 2 is 1.44 bits per heavy atom. The van der Waals surface area contributed by atoms with Crippen molar-refractivity contribution in [3.8, 4) is 0 Å². The molecule has 0 radical (unpaired) electrons. The lowest BCUT2D eigenvalue weighted by molar-refractivity contribution is -0.177. The summed E-state index contributed by atoms with van der Waals surface area (Å²) in [4.78, 5) is 10.1. The van der Waals surface area contributed by atoms with Crippen LogP contribution < -0.4 is 10.6 Å². The van der Waals surface area contributed by atoms with Crippen LogP contribution in [0.2, 0.25) is 0 Å². The van der Waals surface area contributed by atoms with Crippen LogP contribution >= 0.6 is 0 Å². The Morgan fingerprint density at radius 1 is 0.880 bits per heavy atom. The smallest absolute Gasteiger partial charge is 0.341 e. The number of benzene rings is 1. The van der Waals surface area contributed by atoms with Crippen molar-refractivity contribution >= 4 is 5.95 Å². The first-order chi connectivity index (χ1) is 11.8. The summed E-state index contributed by atoms with van der Waals surface area (Å²) >= 11 is 0. The number of halogens is 4. The van der Waals surface area contributed by atoms with E-state index in [1.165, 1.54) is 0 Å². The maximum Gasteiger partial charge on any atom is 0.414 e. The van der Waals surface area contributed by atoms with Crippen LogP contribution in [0.4, 0.5) is 23.5 Å². The first-order valence-electron chi connectivity index (χ1n) is 8.01. The van der Waals surface area contributed by atoms with E-state index in [1.807, 2.05) is 4.90 Å². The summed E-state index contributed by atoms with van der Waals surface area (Å²) in [5.41, 5.74) is 2.40. The molecule has 1 aromatic heterocycles. The highest BCUT2D eigenvalue weighted by Gasteiger charge is 2.55. The molecule has 0 unspecified atom stereocenters. The highest BCUT2D eigenvalue weighted by atomic mass is 19.4. The van der Waals surface area contributed by atoms with Gasteiger partial charge in [0.05, 0.1) is 0 Å². The van der Waals surface area contributed by atoms with E-state index in [2.05, 4.69) is 9.97 Å². The second-order valence-electron chi connectivity index (χ2n) is 6.13. The SMILES string of the molecule is N[C@@](c1ccc(F)cc1)(c1cnc(N2CCCCC2)nc1)C(F)(F)F. The Balaban J connectivity index is 1.98. The third-order valence-corrected chi connectivity index (χ3v) is 4.48. The number of alkyl halides is 3. The lowest BCUT2D eigenvalue weighted by atomic mass is 9.84. The molecule has 8 heteroatoms. The number of aromatic nitrogens is 2. The summed E-state index contributed by atoms with van der Waals surface area (Å²) in [6, 6.07) is 3.96. The molecule has 2 heterocycles. The van der Waals surface area contributed by atoms with Crippen LogP contribution in [-0.4, -0.2) is 29.2 Å². The zero-order chi connectivity index (χ0) is 18.1. The molecule has 0 amide bonds. The number of nitrogens with zero attached hydrogens (tertiary/aromatic N) is 3. The molecule has 1 aliphatic heterocycles. The molecular weight excluding hydrogens is 336 g/mol. The molecule has 0 spiro atoms. The Hall–Kier alpha value is -2.22. The molecule has 25 heavy (non-hydrogen) atoms. The third kappa shape index (κ3) is 3.30. The molecule has 2 aromatic rings. The van der Waals surface area contributed by atoms with Crippen molar-refractivity contribution in [2.24, 2.45) is 5.73 Å². The summed E-state index contributed by atoms with van der Waals surface area (Å²) in [7, 11) is 0. The number of hydrogen-bond donors (Lipinski definition) is 1. The zero-order valence-corrected chi connectivity index (χ0v) is 13.4. The maximum absolute atomic E-state index is 13.7. The molecule has 134 valence electrons. The lowest BCUT2D eigenvalue weighted by Crippen LogP contribution is -2.51. The van der Waals surface area contributed by atoms with Gasteiger partial charge in [0.25, 0.3) is 0 Å². The van der Waals surface area contributed by atoms with Crippen molar-refractivity contribution in [1.82, 2.24) is 9.97 Å². The fourth-order valence-corrected chi connectivity index (χ4v) is 2.99. The molecule has 4 nitrogen and oxygen atoms in total. The Labute approximate surface area is 142 Å². The minimum atomic E-state index is -4.79. The van der Waals surface area contributed by atoms with Crippen LogP contribution in [-0.2, 0) is 5.54 Å². The van der Waals surface area contributed by atoms with E-state index in [-0.39, 0.29) is 11.1 Å². The number of rotatable bonds is 3. The van der Waals surface area contributed by atoms with Gasteiger partial charge in [-0.05, 0) is 37.0 Å². The molecular formula is C17H18F4N4. The summed E-state index contributed by atoms with van der Waals surface area (Å²) in [5, 5.41) is 0. The van der Waals surface area contributed by atoms with E-state index in [0.717, 1.165) is 69.0 Å². The van der Waals surface area contributed by atoms with Gasteiger partial charge in [-0.15, -0.1) is 0 Å². The van der Waals surface area contributed by atoms with Crippen LogP contribution in [0.1, 0.15) is 30.4 Å². The Bertz CT molecular complexity index is 709. The van der Waals surface area contributed by atoms with Gasteiger partial charge in [0.15, 0.2) is 5.54 Å². The van der Waals surface area contributed by atoms with Gasteiger partial charge in [0.1, 0.15) is 5.82 Å². The number of nitrogens with two attached hydrogens (primary N) is 1. The average Bonchev–Trinajstić information content (AvgIpc) is 2.61. The summed E-state index contributed by atoms with van der Waals surface area (Å²) in [6.45, 7) is 1.56. The second-order valence-corrected chi connectivity index (χ2v) is 6.13. The van der Waals surface area contributed by atoms with Crippen molar-refractivity contribution in [3.63, 3.8) is 0 Å². The van der Waals surface area contributed by atoms with E-state index in [0.29, 0.717) is 5.95 Å². The van der Waals surface area contributed by atoms with Gasteiger partial charge in [-0.25, -0.2) is 14.4 Å². The van der Waals surface area contributed by atoms with Gasteiger partial charge in [-0.1, -0.05) is 12.1 Å². The van der Waals surface area contributed by atoms with E-state index in [9.17, 15) is 17.6 Å². The molecule has 0 bridgehead atoms. The molecule has 0 aliphatic carbocycles.